The Morgan fingerprint density at radius 3 is 2.77 bits per heavy atom. The molecule has 0 radical (unpaired) electrons. The van der Waals surface area contributed by atoms with Crippen molar-refractivity contribution in [2.75, 3.05) is 26.0 Å². The molecule has 30 heavy (non-hydrogen) atoms. The number of nitrogens with one attached hydrogen (secondary N) is 1. The number of pyridine rings is 1. The molecular formula is C23H28N4O2S. The maximum Gasteiger partial charge on any atom is 0.251 e. The van der Waals surface area contributed by atoms with E-state index in [2.05, 4.69) is 34.8 Å². The van der Waals surface area contributed by atoms with Crippen molar-refractivity contribution in [3.8, 4) is 0 Å². The van der Waals surface area contributed by atoms with Gasteiger partial charge in [0.1, 0.15) is 0 Å². The monoisotopic (exact) mass is 424 g/mol. The molecule has 3 aromatic rings. The number of thioether (sulfide) groups is 1. The van der Waals surface area contributed by atoms with E-state index in [1.807, 2.05) is 36.5 Å². The fraction of sp³-hybridized carbons (Fsp3) is 0.348. The number of amides is 1. The minimum absolute atomic E-state index is 0.0621. The van der Waals surface area contributed by atoms with Crippen molar-refractivity contribution in [2.24, 2.45) is 0 Å². The van der Waals surface area contributed by atoms with Crippen LogP contribution < -0.4 is 5.32 Å². The van der Waals surface area contributed by atoms with Crippen LogP contribution in [0.3, 0.4) is 0 Å². The Morgan fingerprint density at radius 2 is 2.03 bits per heavy atom. The van der Waals surface area contributed by atoms with Crippen molar-refractivity contribution >= 4 is 28.7 Å². The molecule has 0 unspecified atom stereocenters. The van der Waals surface area contributed by atoms with Crippen LogP contribution in [0.4, 0.5) is 0 Å². The zero-order valence-electron chi connectivity index (χ0n) is 17.7. The first-order valence-corrected chi connectivity index (χ1v) is 11.0. The Bertz CT molecular complexity index is 1010. The second-order valence-corrected chi connectivity index (χ2v) is 8.22. The van der Waals surface area contributed by atoms with Crippen LogP contribution in [0.15, 0.2) is 59.5 Å². The second kappa shape index (κ2) is 10.9. The van der Waals surface area contributed by atoms with Gasteiger partial charge in [0.15, 0.2) is 5.16 Å². The van der Waals surface area contributed by atoms with E-state index in [0.29, 0.717) is 25.3 Å². The van der Waals surface area contributed by atoms with E-state index in [1.54, 1.807) is 25.1 Å². The summed E-state index contributed by atoms with van der Waals surface area (Å²) in [6.07, 6.45) is 6.63. The maximum atomic E-state index is 12.3. The van der Waals surface area contributed by atoms with Crippen LogP contribution in [0, 0.1) is 0 Å². The highest BCUT2D eigenvalue weighted by Gasteiger charge is 2.12. The number of ether oxygens (including phenoxy) is 1. The largest absolute Gasteiger partial charge is 0.385 e. The highest BCUT2D eigenvalue weighted by Crippen LogP contribution is 2.25. The molecule has 0 saturated carbocycles. The highest BCUT2D eigenvalue weighted by atomic mass is 32.2. The summed E-state index contributed by atoms with van der Waals surface area (Å²) in [6.45, 7) is 6.12. The number of hydrogen-bond donors (Lipinski definition) is 1. The molecule has 0 bridgehead atoms. The number of hydrogen-bond acceptors (Lipinski definition) is 5. The van der Waals surface area contributed by atoms with E-state index < -0.39 is 0 Å². The van der Waals surface area contributed by atoms with Crippen LogP contribution in [-0.4, -0.2) is 46.5 Å². The van der Waals surface area contributed by atoms with Crippen molar-refractivity contribution in [3.05, 3.63) is 65.5 Å². The number of rotatable bonds is 10. The molecule has 2 aromatic heterocycles. The topological polar surface area (TPSA) is 69.0 Å². The average molecular weight is 425 g/mol. The molecule has 2 heterocycles. The van der Waals surface area contributed by atoms with Gasteiger partial charge in [-0.25, -0.2) is 4.98 Å². The van der Waals surface area contributed by atoms with Crippen molar-refractivity contribution in [2.45, 2.75) is 32.0 Å². The van der Waals surface area contributed by atoms with Gasteiger partial charge in [-0.3, -0.25) is 9.78 Å². The van der Waals surface area contributed by atoms with Crippen molar-refractivity contribution in [1.82, 2.24) is 19.9 Å². The summed E-state index contributed by atoms with van der Waals surface area (Å²) < 4.78 is 7.19. The molecule has 0 aliphatic carbocycles. The Kier molecular flexibility index (Phi) is 8.04. The lowest BCUT2D eigenvalue weighted by molar-refractivity contribution is 0.0948. The number of aromatic nitrogens is 3. The standard InChI is InChI=1S/C23H28N4O2S/c1-17(2)10-14-30-23-26-20-9-12-24-15-21(20)27(23)16-18-5-7-19(8-6-18)22(28)25-11-4-13-29-3/h5-10,12,15H,4,11,13-14,16H2,1-3H3,(H,25,28). The lowest BCUT2D eigenvalue weighted by atomic mass is 10.1. The Hall–Kier alpha value is -2.64. The molecule has 1 N–H and O–H groups in total. The van der Waals surface area contributed by atoms with E-state index in [1.165, 1.54) is 5.57 Å². The zero-order chi connectivity index (χ0) is 21.3. The van der Waals surface area contributed by atoms with Gasteiger partial charge in [-0.15, -0.1) is 0 Å². The first-order chi connectivity index (χ1) is 14.6. The molecule has 0 atom stereocenters. The molecular weight excluding hydrogens is 396 g/mol. The summed E-state index contributed by atoms with van der Waals surface area (Å²) in [5.74, 6) is 0.814. The Balaban J connectivity index is 1.73. The highest BCUT2D eigenvalue weighted by molar-refractivity contribution is 7.99. The smallest absolute Gasteiger partial charge is 0.251 e. The molecule has 0 fully saturated rings. The molecule has 1 aromatic carbocycles. The van der Waals surface area contributed by atoms with E-state index in [0.717, 1.165) is 33.9 Å². The molecule has 0 spiro atoms. The van der Waals surface area contributed by atoms with Gasteiger partial charge in [-0.1, -0.05) is 35.5 Å². The summed E-state index contributed by atoms with van der Waals surface area (Å²) in [4.78, 5) is 21.3. The molecule has 7 heteroatoms. The minimum atomic E-state index is -0.0621. The lowest BCUT2D eigenvalue weighted by Crippen LogP contribution is -2.25. The average Bonchev–Trinajstić information content (AvgIpc) is 3.09. The van der Waals surface area contributed by atoms with Crippen molar-refractivity contribution in [1.29, 1.82) is 0 Å². The van der Waals surface area contributed by atoms with Crippen LogP contribution in [-0.2, 0) is 11.3 Å². The third-order valence-electron chi connectivity index (χ3n) is 4.59. The normalized spacial score (nSPS) is 10.9. The van der Waals surface area contributed by atoms with Gasteiger partial charge >= 0.3 is 0 Å². The van der Waals surface area contributed by atoms with E-state index >= 15 is 0 Å². The maximum absolute atomic E-state index is 12.3. The lowest BCUT2D eigenvalue weighted by Gasteiger charge is -2.10. The summed E-state index contributed by atoms with van der Waals surface area (Å²) in [5.41, 5.74) is 5.02. The first kappa shape index (κ1) is 22.1. The number of nitrogens with zero attached hydrogens (tertiary/aromatic N) is 3. The predicted octanol–water partition coefficient (Wildman–Crippen LogP) is 4.30. The summed E-state index contributed by atoms with van der Waals surface area (Å²) in [6, 6.07) is 9.67. The molecule has 1 amide bonds. The fourth-order valence-electron chi connectivity index (χ4n) is 2.96. The Labute approximate surface area is 181 Å². The molecule has 6 nitrogen and oxygen atoms in total. The number of benzene rings is 1. The summed E-state index contributed by atoms with van der Waals surface area (Å²) in [5, 5.41) is 3.88. The molecule has 3 rings (SSSR count). The molecule has 158 valence electrons. The third-order valence-corrected chi connectivity index (χ3v) is 5.49. The zero-order valence-corrected chi connectivity index (χ0v) is 18.5. The number of carbonyl (C=O) groups excluding carboxylic acids is 1. The number of carbonyl (C=O) groups is 1. The number of methoxy groups -OCH3 is 1. The van der Waals surface area contributed by atoms with Gasteiger partial charge in [0, 0.05) is 37.8 Å². The van der Waals surface area contributed by atoms with Crippen molar-refractivity contribution < 1.29 is 9.53 Å². The van der Waals surface area contributed by atoms with Gasteiger partial charge in [0.05, 0.1) is 23.8 Å². The number of imidazole rings is 1. The SMILES string of the molecule is COCCCNC(=O)c1ccc(Cn2c(SCC=C(C)C)nc3ccncc32)cc1. The van der Waals surface area contributed by atoms with Gasteiger partial charge in [0.2, 0.25) is 0 Å². The van der Waals surface area contributed by atoms with Crippen LogP contribution in [0.25, 0.3) is 11.0 Å². The second-order valence-electron chi connectivity index (χ2n) is 7.24. The first-order valence-electron chi connectivity index (χ1n) is 10.0. The molecule has 0 aliphatic rings. The van der Waals surface area contributed by atoms with Crippen LogP contribution >= 0.6 is 11.8 Å². The van der Waals surface area contributed by atoms with Gasteiger partial charge < -0.3 is 14.6 Å². The Morgan fingerprint density at radius 1 is 1.23 bits per heavy atom. The van der Waals surface area contributed by atoms with E-state index in [4.69, 9.17) is 9.72 Å². The molecule has 0 aliphatic heterocycles. The fourth-order valence-corrected chi connectivity index (χ4v) is 4.01. The summed E-state index contributed by atoms with van der Waals surface area (Å²) in [7, 11) is 1.66. The van der Waals surface area contributed by atoms with Gasteiger partial charge in [-0.05, 0) is 44.0 Å². The third kappa shape index (κ3) is 5.93. The van der Waals surface area contributed by atoms with Crippen LogP contribution in [0.2, 0.25) is 0 Å². The molecule has 0 saturated heterocycles. The van der Waals surface area contributed by atoms with Crippen molar-refractivity contribution in [3.63, 3.8) is 0 Å². The van der Waals surface area contributed by atoms with E-state index in [-0.39, 0.29) is 5.91 Å². The van der Waals surface area contributed by atoms with Crippen LogP contribution in [0.5, 0.6) is 0 Å². The number of fused-ring (bicyclic) bond motifs is 1. The van der Waals surface area contributed by atoms with Gasteiger partial charge in [0.25, 0.3) is 5.91 Å². The summed E-state index contributed by atoms with van der Waals surface area (Å²) >= 11 is 1.71. The van der Waals surface area contributed by atoms with Gasteiger partial charge in [-0.2, -0.15) is 0 Å². The van der Waals surface area contributed by atoms with Crippen LogP contribution in [0.1, 0.15) is 36.2 Å². The minimum Gasteiger partial charge on any atom is -0.385 e. The predicted molar refractivity (Wildman–Crippen MR) is 122 cm³/mol. The van der Waals surface area contributed by atoms with E-state index in [9.17, 15) is 4.79 Å². The number of allylic oxidation sites excluding steroid dienone is 1. The quantitative estimate of drug-likeness (QED) is 0.298.